The Balaban J connectivity index is 1.94. The zero-order valence-electron chi connectivity index (χ0n) is 14.5. The van der Waals surface area contributed by atoms with E-state index in [1.165, 1.54) is 37.7 Å². The highest BCUT2D eigenvalue weighted by Gasteiger charge is 2.31. The van der Waals surface area contributed by atoms with E-state index in [9.17, 15) is 18.0 Å². The van der Waals surface area contributed by atoms with Crippen LogP contribution < -0.4 is 10.1 Å². The number of methoxy groups -OCH3 is 1. The largest absolute Gasteiger partial charge is 0.493 e. The number of alkyl halides is 3. The van der Waals surface area contributed by atoms with Crippen molar-refractivity contribution in [2.45, 2.75) is 6.18 Å². The fourth-order valence-corrected chi connectivity index (χ4v) is 3.02. The van der Waals surface area contributed by atoms with E-state index in [1.54, 1.807) is 12.1 Å². The highest BCUT2D eigenvalue weighted by molar-refractivity contribution is 6.20. The van der Waals surface area contributed by atoms with Gasteiger partial charge in [0.2, 0.25) is 0 Å². The molecule has 2 heterocycles. The number of halogens is 3. The molecule has 4 aromatic rings. The molecule has 0 fully saturated rings. The maximum atomic E-state index is 13.2. The summed E-state index contributed by atoms with van der Waals surface area (Å²) in [6, 6.07) is 9.39. The van der Waals surface area contributed by atoms with Gasteiger partial charge in [-0.2, -0.15) is 13.2 Å². The van der Waals surface area contributed by atoms with E-state index in [0.717, 1.165) is 12.1 Å². The number of rotatable bonds is 3. The number of nitrogens with one attached hydrogen (secondary N) is 1. The van der Waals surface area contributed by atoms with Crippen LogP contribution in [0.25, 0.3) is 21.9 Å². The van der Waals surface area contributed by atoms with E-state index in [4.69, 9.17) is 9.15 Å². The highest BCUT2D eigenvalue weighted by Crippen LogP contribution is 2.40. The Kier molecular flexibility index (Phi) is 4.18. The molecule has 0 aliphatic rings. The molecule has 0 bridgehead atoms. The van der Waals surface area contributed by atoms with Crippen molar-refractivity contribution in [1.82, 2.24) is 4.98 Å². The van der Waals surface area contributed by atoms with Gasteiger partial charge in [-0.15, -0.1) is 0 Å². The molecule has 0 radical (unpaired) electrons. The van der Waals surface area contributed by atoms with Crippen LogP contribution in [-0.2, 0) is 6.18 Å². The summed E-state index contributed by atoms with van der Waals surface area (Å²) in [7, 11) is 1.42. The predicted octanol–water partition coefficient (Wildman–Crippen LogP) is 5.26. The predicted molar refractivity (Wildman–Crippen MR) is 97.5 cm³/mol. The minimum Gasteiger partial charge on any atom is -0.493 e. The molecule has 0 unspecified atom stereocenters. The summed E-state index contributed by atoms with van der Waals surface area (Å²) >= 11 is 0. The molecule has 1 amide bonds. The van der Waals surface area contributed by atoms with Crippen molar-refractivity contribution in [2.75, 3.05) is 12.4 Å². The van der Waals surface area contributed by atoms with Gasteiger partial charge in [0.05, 0.1) is 18.2 Å². The summed E-state index contributed by atoms with van der Waals surface area (Å²) in [6.07, 6.45) is -1.49. The SMILES string of the molecule is COc1ccc(C(=O)Nc2ccncc2)c2c1oc1ccc(C(F)(F)F)cc12. The van der Waals surface area contributed by atoms with Gasteiger partial charge in [0.1, 0.15) is 5.58 Å². The molecular weight excluding hydrogens is 373 g/mol. The number of hydrogen-bond acceptors (Lipinski definition) is 4. The second-order valence-electron chi connectivity index (χ2n) is 6.02. The number of furan rings is 1. The standard InChI is InChI=1S/C20H13F3N2O3/c1-27-16-5-3-13(19(26)25-12-6-8-24-9-7-12)17-14-10-11(20(21,22)23)2-4-15(14)28-18(16)17/h2-10H,1H3,(H,24,25,26). The molecule has 0 saturated heterocycles. The van der Waals surface area contributed by atoms with E-state index in [1.807, 2.05) is 0 Å². The number of aromatic nitrogens is 1. The molecule has 4 rings (SSSR count). The molecule has 0 aliphatic heterocycles. The number of carbonyl (C=O) groups excluding carboxylic acids is 1. The lowest BCUT2D eigenvalue weighted by molar-refractivity contribution is -0.137. The first-order chi connectivity index (χ1) is 13.4. The van der Waals surface area contributed by atoms with Crippen LogP contribution in [0.2, 0.25) is 0 Å². The smallest absolute Gasteiger partial charge is 0.416 e. The summed E-state index contributed by atoms with van der Waals surface area (Å²) in [5.41, 5.74) is 0.286. The van der Waals surface area contributed by atoms with Crippen LogP contribution in [0.1, 0.15) is 15.9 Å². The van der Waals surface area contributed by atoms with Gasteiger partial charge >= 0.3 is 6.18 Å². The Hall–Kier alpha value is -3.55. The van der Waals surface area contributed by atoms with Gasteiger partial charge in [-0.05, 0) is 42.5 Å². The fraction of sp³-hybridized carbons (Fsp3) is 0.100. The molecule has 142 valence electrons. The molecule has 2 aromatic heterocycles. The number of anilines is 1. The third kappa shape index (κ3) is 3.02. The average molecular weight is 386 g/mol. The summed E-state index contributed by atoms with van der Waals surface area (Å²) in [5.74, 6) is -0.167. The van der Waals surface area contributed by atoms with E-state index >= 15 is 0 Å². The topological polar surface area (TPSA) is 64.4 Å². The zero-order valence-corrected chi connectivity index (χ0v) is 14.5. The number of carbonyl (C=O) groups is 1. The molecule has 1 N–H and O–H groups in total. The Morgan fingerprint density at radius 3 is 2.54 bits per heavy atom. The number of fused-ring (bicyclic) bond motifs is 3. The second-order valence-corrected chi connectivity index (χ2v) is 6.02. The van der Waals surface area contributed by atoms with E-state index in [2.05, 4.69) is 10.3 Å². The van der Waals surface area contributed by atoms with Crippen LogP contribution in [0.5, 0.6) is 5.75 Å². The number of benzene rings is 2. The number of pyridine rings is 1. The highest BCUT2D eigenvalue weighted by atomic mass is 19.4. The first-order valence-electron chi connectivity index (χ1n) is 8.20. The molecule has 0 spiro atoms. The Morgan fingerprint density at radius 1 is 1.11 bits per heavy atom. The molecule has 8 heteroatoms. The van der Waals surface area contributed by atoms with Crippen LogP contribution in [0.15, 0.2) is 59.3 Å². The fourth-order valence-electron chi connectivity index (χ4n) is 3.02. The van der Waals surface area contributed by atoms with Crippen LogP contribution in [0, 0.1) is 0 Å². The molecule has 28 heavy (non-hydrogen) atoms. The Bertz CT molecular complexity index is 1180. The van der Waals surface area contributed by atoms with Gasteiger partial charge in [-0.25, -0.2) is 0 Å². The molecular formula is C20H13F3N2O3. The van der Waals surface area contributed by atoms with Gasteiger partial charge in [0, 0.05) is 28.9 Å². The van der Waals surface area contributed by atoms with Crippen LogP contribution in [-0.4, -0.2) is 18.0 Å². The molecule has 0 saturated carbocycles. The summed E-state index contributed by atoms with van der Waals surface area (Å²) < 4.78 is 50.5. The van der Waals surface area contributed by atoms with Crippen molar-refractivity contribution in [2.24, 2.45) is 0 Å². The minimum atomic E-state index is -4.52. The third-order valence-electron chi connectivity index (χ3n) is 4.31. The van der Waals surface area contributed by atoms with Crippen molar-refractivity contribution >= 4 is 33.5 Å². The Labute approximate surface area is 156 Å². The van der Waals surface area contributed by atoms with Gasteiger partial charge in [-0.1, -0.05) is 0 Å². The average Bonchev–Trinajstić information content (AvgIpc) is 3.06. The third-order valence-corrected chi connectivity index (χ3v) is 4.31. The zero-order chi connectivity index (χ0) is 19.9. The van der Waals surface area contributed by atoms with Gasteiger partial charge in [-0.3, -0.25) is 9.78 Å². The summed E-state index contributed by atoms with van der Waals surface area (Å²) in [4.78, 5) is 16.7. The molecule has 0 aliphatic carbocycles. The van der Waals surface area contributed by atoms with Crippen LogP contribution >= 0.6 is 0 Å². The van der Waals surface area contributed by atoms with E-state index in [-0.39, 0.29) is 27.5 Å². The normalized spacial score (nSPS) is 11.7. The summed E-state index contributed by atoms with van der Waals surface area (Å²) in [5, 5.41) is 3.14. The second kappa shape index (κ2) is 6.56. The van der Waals surface area contributed by atoms with Gasteiger partial charge in [0.15, 0.2) is 11.3 Å². The number of amides is 1. The van der Waals surface area contributed by atoms with Crippen LogP contribution in [0.4, 0.5) is 18.9 Å². The van der Waals surface area contributed by atoms with Crippen molar-refractivity contribution in [3.63, 3.8) is 0 Å². The molecule has 5 nitrogen and oxygen atoms in total. The number of hydrogen-bond donors (Lipinski definition) is 1. The quantitative estimate of drug-likeness (QED) is 0.522. The maximum absolute atomic E-state index is 13.2. The molecule has 0 atom stereocenters. The van der Waals surface area contributed by atoms with Crippen LogP contribution in [0.3, 0.4) is 0 Å². The Morgan fingerprint density at radius 2 is 1.86 bits per heavy atom. The maximum Gasteiger partial charge on any atom is 0.416 e. The first-order valence-corrected chi connectivity index (χ1v) is 8.20. The van der Waals surface area contributed by atoms with E-state index in [0.29, 0.717) is 11.4 Å². The number of ether oxygens (including phenoxy) is 1. The van der Waals surface area contributed by atoms with Gasteiger partial charge in [0.25, 0.3) is 5.91 Å². The van der Waals surface area contributed by atoms with E-state index < -0.39 is 17.6 Å². The van der Waals surface area contributed by atoms with Crippen molar-refractivity contribution < 1.29 is 27.1 Å². The lowest BCUT2D eigenvalue weighted by atomic mass is 10.0. The molecule has 2 aromatic carbocycles. The van der Waals surface area contributed by atoms with Crippen molar-refractivity contribution in [3.8, 4) is 5.75 Å². The van der Waals surface area contributed by atoms with Gasteiger partial charge < -0.3 is 14.5 Å². The lowest BCUT2D eigenvalue weighted by Crippen LogP contribution is -2.12. The summed E-state index contributed by atoms with van der Waals surface area (Å²) in [6.45, 7) is 0. The lowest BCUT2D eigenvalue weighted by Gasteiger charge is -2.09. The van der Waals surface area contributed by atoms with Crippen molar-refractivity contribution in [3.05, 3.63) is 66.0 Å². The monoisotopic (exact) mass is 386 g/mol. The van der Waals surface area contributed by atoms with Crippen molar-refractivity contribution in [1.29, 1.82) is 0 Å². The number of nitrogens with zero attached hydrogens (tertiary/aromatic N) is 1. The minimum absolute atomic E-state index is 0.172. The first kappa shape index (κ1) is 17.8.